The molecule has 0 aliphatic rings. The minimum Gasteiger partial charge on any atom is -0.360 e. The van der Waals surface area contributed by atoms with Gasteiger partial charge in [-0.05, 0) is 36.6 Å². The number of H-pyrrole nitrogens is 1. The number of rotatable bonds is 6. The molecule has 0 radical (unpaired) electrons. The molecule has 0 saturated heterocycles. The standard InChI is InChI=1S/C20H21N5S/c1-13-19(15-7-8-18-16(10-15)11-23-25-18)26-20(24-13)22-12-17(21)9-14-5-3-2-4-6-14/h2-8,10-11,17H,9,12,21H2,1H3,(H,22,24)(H,23,25)/t17-/m0/s1. The fraction of sp³-hybridized carbons (Fsp3) is 0.200. The first-order chi connectivity index (χ1) is 12.7. The number of benzene rings is 2. The van der Waals surface area contributed by atoms with Crippen LogP contribution in [0.2, 0.25) is 0 Å². The highest BCUT2D eigenvalue weighted by molar-refractivity contribution is 7.19. The lowest BCUT2D eigenvalue weighted by atomic mass is 10.1. The van der Waals surface area contributed by atoms with Crippen LogP contribution >= 0.6 is 11.3 Å². The van der Waals surface area contributed by atoms with Gasteiger partial charge in [0.05, 0.1) is 22.3 Å². The van der Waals surface area contributed by atoms with Gasteiger partial charge in [0.1, 0.15) is 0 Å². The SMILES string of the molecule is Cc1nc(NC[C@@H](N)Cc2ccccc2)sc1-c1ccc2[nH]ncc2c1. The second-order valence-corrected chi connectivity index (χ2v) is 7.44. The summed E-state index contributed by atoms with van der Waals surface area (Å²) in [6, 6.07) is 16.7. The topological polar surface area (TPSA) is 79.6 Å². The minimum absolute atomic E-state index is 0.0485. The number of fused-ring (bicyclic) bond motifs is 1. The van der Waals surface area contributed by atoms with Crippen molar-refractivity contribution in [3.05, 3.63) is 66.0 Å². The molecule has 4 N–H and O–H groups in total. The highest BCUT2D eigenvalue weighted by atomic mass is 32.1. The van der Waals surface area contributed by atoms with Crippen molar-refractivity contribution >= 4 is 27.4 Å². The van der Waals surface area contributed by atoms with Crippen molar-refractivity contribution in [2.75, 3.05) is 11.9 Å². The van der Waals surface area contributed by atoms with E-state index in [9.17, 15) is 0 Å². The van der Waals surface area contributed by atoms with Crippen LogP contribution in [0.4, 0.5) is 5.13 Å². The van der Waals surface area contributed by atoms with Crippen LogP contribution in [-0.2, 0) is 6.42 Å². The number of nitrogens with one attached hydrogen (secondary N) is 2. The lowest BCUT2D eigenvalue weighted by Gasteiger charge is -2.12. The molecule has 2 heterocycles. The third-order valence-corrected chi connectivity index (χ3v) is 5.52. The number of aromatic nitrogens is 3. The summed E-state index contributed by atoms with van der Waals surface area (Å²) in [5.41, 5.74) is 10.7. The molecule has 2 aromatic heterocycles. The fourth-order valence-corrected chi connectivity index (χ4v) is 4.00. The Balaban J connectivity index is 1.44. The Kier molecular flexibility index (Phi) is 4.69. The average Bonchev–Trinajstić information content (AvgIpc) is 3.26. The van der Waals surface area contributed by atoms with E-state index in [0.717, 1.165) is 33.7 Å². The average molecular weight is 363 g/mol. The van der Waals surface area contributed by atoms with Crippen molar-refractivity contribution in [1.29, 1.82) is 0 Å². The molecule has 4 rings (SSSR count). The highest BCUT2D eigenvalue weighted by Gasteiger charge is 2.12. The van der Waals surface area contributed by atoms with Gasteiger partial charge >= 0.3 is 0 Å². The Morgan fingerprint density at radius 2 is 2.04 bits per heavy atom. The molecular formula is C20H21N5S. The van der Waals surface area contributed by atoms with Gasteiger partial charge in [0.2, 0.25) is 0 Å². The van der Waals surface area contributed by atoms with E-state index < -0.39 is 0 Å². The quantitative estimate of drug-likeness (QED) is 0.484. The number of nitrogens with two attached hydrogens (primary N) is 1. The Morgan fingerprint density at radius 1 is 1.19 bits per heavy atom. The molecule has 0 aliphatic heterocycles. The van der Waals surface area contributed by atoms with Crippen molar-refractivity contribution < 1.29 is 0 Å². The summed E-state index contributed by atoms with van der Waals surface area (Å²) in [7, 11) is 0. The summed E-state index contributed by atoms with van der Waals surface area (Å²) in [6.07, 6.45) is 2.69. The van der Waals surface area contributed by atoms with Crippen LogP contribution in [0.1, 0.15) is 11.3 Å². The van der Waals surface area contributed by atoms with Crippen molar-refractivity contribution in [3.63, 3.8) is 0 Å². The summed E-state index contributed by atoms with van der Waals surface area (Å²) in [5.74, 6) is 0. The second-order valence-electron chi connectivity index (χ2n) is 6.44. The fourth-order valence-electron chi connectivity index (χ4n) is 3.03. The predicted octanol–water partition coefficient (Wildman–Crippen LogP) is 3.98. The monoisotopic (exact) mass is 363 g/mol. The zero-order valence-electron chi connectivity index (χ0n) is 14.6. The van der Waals surface area contributed by atoms with E-state index in [-0.39, 0.29) is 6.04 Å². The third kappa shape index (κ3) is 3.61. The molecule has 0 spiro atoms. The van der Waals surface area contributed by atoms with Gasteiger partial charge < -0.3 is 11.1 Å². The summed E-state index contributed by atoms with van der Waals surface area (Å²) < 4.78 is 0. The summed E-state index contributed by atoms with van der Waals surface area (Å²) in [6.45, 7) is 2.74. The molecule has 4 aromatic rings. The zero-order valence-corrected chi connectivity index (χ0v) is 15.4. The van der Waals surface area contributed by atoms with Crippen LogP contribution in [0.15, 0.2) is 54.7 Å². The van der Waals surface area contributed by atoms with Gasteiger partial charge in [0, 0.05) is 18.0 Å². The Bertz CT molecular complexity index is 1010. The van der Waals surface area contributed by atoms with Gasteiger partial charge in [0.25, 0.3) is 0 Å². The molecular weight excluding hydrogens is 342 g/mol. The second kappa shape index (κ2) is 7.27. The number of hydrogen-bond acceptors (Lipinski definition) is 5. The number of nitrogens with zero attached hydrogens (tertiary/aromatic N) is 2. The number of hydrogen-bond donors (Lipinski definition) is 3. The van der Waals surface area contributed by atoms with E-state index in [4.69, 9.17) is 5.73 Å². The van der Waals surface area contributed by atoms with E-state index in [1.807, 2.05) is 31.3 Å². The Hall–Kier alpha value is -2.70. The van der Waals surface area contributed by atoms with E-state index >= 15 is 0 Å². The maximum Gasteiger partial charge on any atom is 0.183 e. The molecule has 0 bridgehead atoms. The van der Waals surface area contributed by atoms with Gasteiger partial charge in [-0.15, -0.1) is 0 Å². The van der Waals surface area contributed by atoms with Crippen LogP contribution in [0, 0.1) is 6.92 Å². The smallest absolute Gasteiger partial charge is 0.183 e. The van der Waals surface area contributed by atoms with Crippen LogP contribution in [-0.4, -0.2) is 27.8 Å². The van der Waals surface area contributed by atoms with E-state index in [0.29, 0.717) is 6.54 Å². The molecule has 6 heteroatoms. The maximum atomic E-state index is 6.26. The molecule has 26 heavy (non-hydrogen) atoms. The van der Waals surface area contributed by atoms with E-state index in [1.165, 1.54) is 10.4 Å². The third-order valence-electron chi connectivity index (χ3n) is 4.36. The minimum atomic E-state index is 0.0485. The van der Waals surface area contributed by atoms with Gasteiger partial charge in [0.15, 0.2) is 5.13 Å². The first-order valence-corrected chi connectivity index (χ1v) is 9.45. The van der Waals surface area contributed by atoms with Crippen LogP contribution in [0.5, 0.6) is 0 Å². The molecule has 0 fully saturated rings. The molecule has 0 amide bonds. The van der Waals surface area contributed by atoms with E-state index in [2.05, 4.69) is 50.8 Å². The number of aryl methyl sites for hydroxylation is 1. The van der Waals surface area contributed by atoms with Crippen molar-refractivity contribution in [2.24, 2.45) is 5.73 Å². The van der Waals surface area contributed by atoms with Crippen LogP contribution < -0.4 is 11.1 Å². The van der Waals surface area contributed by atoms with E-state index in [1.54, 1.807) is 11.3 Å². The number of thiazole rings is 1. The Morgan fingerprint density at radius 3 is 2.88 bits per heavy atom. The Labute approximate surface area is 156 Å². The molecule has 0 aliphatic carbocycles. The van der Waals surface area contributed by atoms with Crippen LogP contribution in [0.3, 0.4) is 0 Å². The van der Waals surface area contributed by atoms with Gasteiger partial charge in [-0.25, -0.2) is 4.98 Å². The normalized spacial score (nSPS) is 12.4. The molecule has 0 unspecified atom stereocenters. The zero-order chi connectivity index (χ0) is 17.9. The molecule has 0 saturated carbocycles. The first kappa shape index (κ1) is 16.8. The molecule has 1 atom stereocenters. The highest BCUT2D eigenvalue weighted by Crippen LogP contribution is 2.34. The van der Waals surface area contributed by atoms with Gasteiger partial charge in [-0.2, -0.15) is 5.10 Å². The number of aromatic amines is 1. The van der Waals surface area contributed by atoms with Crippen molar-refractivity contribution in [3.8, 4) is 10.4 Å². The van der Waals surface area contributed by atoms with Crippen molar-refractivity contribution in [2.45, 2.75) is 19.4 Å². The summed E-state index contributed by atoms with van der Waals surface area (Å²) in [5, 5.41) is 12.5. The molecule has 5 nitrogen and oxygen atoms in total. The van der Waals surface area contributed by atoms with Crippen molar-refractivity contribution in [1.82, 2.24) is 15.2 Å². The lowest BCUT2D eigenvalue weighted by Crippen LogP contribution is -2.31. The maximum absolute atomic E-state index is 6.26. The summed E-state index contributed by atoms with van der Waals surface area (Å²) >= 11 is 1.66. The predicted molar refractivity (Wildman–Crippen MR) is 109 cm³/mol. The first-order valence-electron chi connectivity index (χ1n) is 8.63. The van der Waals surface area contributed by atoms with Crippen LogP contribution in [0.25, 0.3) is 21.3 Å². The molecule has 132 valence electrons. The lowest BCUT2D eigenvalue weighted by molar-refractivity contribution is 0.699. The summed E-state index contributed by atoms with van der Waals surface area (Å²) in [4.78, 5) is 5.84. The number of anilines is 1. The largest absolute Gasteiger partial charge is 0.360 e. The van der Waals surface area contributed by atoms with Gasteiger partial charge in [-0.1, -0.05) is 47.7 Å². The van der Waals surface area contributed by atoms with Gasteiger partial charge in [-0.3, -0.25) is 5.10 Å². The molecule has 2 aromatic carbocycles.